The number of carbonyl (C=O) groups is 1. The minimum Gasteiger partial charge on any atom is -0.378 e. The first kappa shape index (κ1) is 13.4. The van der Waals surface area contributed by atoms with Crippen molar-refractivity contribution in [3.63, 3.8) is 0 Å². The number of aliphatic hydroxyl groups excluding tert-OH is 1. The molecule has 5 nitrogen and oxygen atoms in total. The molecule has 0 spiro atoms. The van der Waals surface area contributed by atoms with Gasteiger partial charge in [0.25, 0.3) is 5.91 Å². The van der Waals surface area contributed by atoms with Gasteiger partial charge in [0.15, 0.2) is 6.10 Å². The summed E-state index contributed by atoms with van der Waals surface area (Å²) in [4.78, 5) is 16.3. The Labute approximate surface area is 128 Å². The van der Waals surface area contributed by atoms with E-state index in [4.69, 9.17) is 11.6 Å². The number of nitrogens with one attached hydrogen (secondary N) is 1. The predicted octanol–water partition coefficient (Wildman–Crippen LogP) is 1.61. The second-order valence-corrected chi connectivity index (χ2v) is 6.44. The van der Waals surface area contributed by atoms with E-state index >= 15 is 0 Å². The summed E-state index contributed by atoms with van der Waals surface area (Å²) in [6, 6.07) is 4.40. The number of halogens is 1. The average molecular weight is 308 g/mol. The average Bonchev–Trinajstić information content (AvgIpc) is 3.29. The molecule has 1 saturated heterocycles. The number of benzene rings is 1. The number of piperazine rings is 1. The van der Waals surface area contributed by atoms with Gasteiger partial charge in [0.2, 0.25) is 0 Å². The molecule has 112 valence electrons. The molecule has 0 aromatic heterocycles. The summed E-state index contributed by atoms with van der Waals surface area (Å²) in [5, 5.41) is 13.1. The van der Waals surface area contributed by atoms with Gasteiger partial charge < -0.3 is 15.3 Å². The third-order valence-electron chi connectivity index (χ3n) is 4.64. The summed E-state index contributed by atoms with van der Waals surface area (Å²) in [6.07, 6.45) is 1.57. The van der Waals surface area contributed by atoms with E-state index < -0.39 is 6.10 Å². The van der Waals surface area contributed by atoms with E-state index in [1.807, 2.05) is 6.07 Å². The van der Waals surface area contributed by atoms with Gasteiger partial charge in [-0.25, -0.2) is 0 Å². The summed E-state index contributed by atoms with van der Waals surface area (Å²) < 4.78 is 0. The predicted molar refractivity (Wildman–Crippen MR) is 81.8 cm³/mol. The minimum absolute atomic E-state index is 0.378. The van der Waals surface area contributed by atoms with Crippen molar-refractivity contribution in [3.05, 3.63) is 22.7 Å². The Bertz CT molecular complexity index is 595. The second-order valence-electron chi connectivity index (χ2n) is 6.04. The molecule has 2 heterocycles. The van der Waals surface area contributed by atoms with Crippen LogP contribution in [0.3, 0.4) is 0 Å². The normalized spacial score (nSPS) is 25.9. The Balaban J connectivity index is 1.56. The highest BCUT2D eigenvalue weighted by Crippen LogP contribution is 2.39. The summed E-state index contributed by atoms with van der Waals surface area (Å²) in [6.45, 7) is 4.02. The Morgan fingerprint density at radius 1 is 1.19 bits per heavy atom. The summed E-state index contributed by atoms with van der Waals surface area (Å²) in [5.41, 5.74) is 2.20. The first-order valence-corrected chi connectivity index (χ1v) is 7.82. The molecule has 21 heavy (non-hydrogen) atoms. The molecule has 1 aliphatic carbocycles. The molecule has 1 saturated carbocycles. The van der Waals surface area contributed by atoms with Crippen LogP contribution < -0.4 is 10.2 Å². The topological polar surface area (TPSA) is 55.8 Å². The number of fused-ring (bicyclic) bond motifs is 1. The van der Waals surface area contributed by atoms with Gasteiger partial charge in [0, 0.05) is 43.5 Å². The van der Waals surface area contributed by atoms with E-state index in [0.717, 1.165) is 37.9 Å². The maximum absolute atomic E-state index is 11.5. The van der Waals surface area contributed by atoms with Crippen molar-refractivity contribution in [2.45, 2.75) is 25.0 Å². The number of hydrogen-bond donors (Lipinski definition) is 2. The lowest BCUT2D eigenvalue weighted by Crippen LogP contribution is -2.47. The fraction of sp³-hybridized carbons (Fsp3) is 0.533. The Kier molecular flexibility index (Phi) is 3.10. The molecule has 0 radical (unpaired) electrons. The Morgan fingerprint density at radius 3 is 2.57 bits per heavy atom. The van der Waals surface area contributed by atoms with Crippen molar-refractivity contribution in [2.24, 2.45) is 0 Å². The molecule has 3 aliphatic rings. The number of rotatable bonds is 2. The van der Waals surface area contributed by atoms with E-state index in [0.29, 0.717) is 16.3 Å². The van der Waals surface area contributed by atoms with Gasteiger partial charge in [0.1, 0.15) is 0 Å². The quantitative estimate of drug-likeness (QED) is 0.871. The highest BCUT2D eigenvalue weighted by Gasteiger charge is 2.33. The second kappa shape index (κ2) is 4.87. The lowest BCUT2D eigenvalue weighted by molar-refractivity contribution is -0.123. The zero-order chi connectivity index (χ0) is 14.6. The molecule has 1 atom stereocenters. The molecule has 2 aliphatic heterocycles. The molecule has 2 fully saturated rings. The van der Waals surface area contributed by atoms with Gasteiger partial charge >= 0.3 is 0 Å². The van der Waals surface area contributed by atoms with E-state index in [9.17, 15) is 9.90 Å². The van der Waals surface area contributed by atoms with Crippen LogP contribution in [0.25, 0.3) is 0 Å². The zero-order valence-corrected chi connectivity index (χ0v) is 12.4. The number of hydrogen-bond acceptors (Lipinski definition) is 4. The van der Waals surface area contributed by atoms with Crippen molar-refractivity contribution >= 4 is 28.9 Å². The molecule has 1 aromatic rings. The number of amides is 1. The highest BCUT2D eigenvalue weighted by molar-refractivity contribution is 6.33. The van der Waals surface area contributed by atoms with Gasteiger partial charge in [-0.1, -0.05) is 11.6 Å². The molecular weight excluding hydrogens is 290 g/mol. The molecule has 2 N–H and O–H groups in total. The molecular formula is C15H18ClN3O2. The fourth-order valence-electron chi connectivity index (χ4n) is 3.26. The molecule has 1 amide bonds. The smallest absolute Gasteiger partial charge is 0.257 e. The molecule has 6 heteroatoms. The van der Waals surface area contributed by atoms with Crippen LogP contribution in [-0.2, 0) is 4.79 Å². The first-order valence-electron chi connectivity index (χ1n) is 7.45. The highest BCUT2D eigenvalue weighted by atomic mass is 35.5. The summed E-state index contributed by atoms with van der Waals surface area (Å²) in [5.74, 6) is -0.378. The van der Waals surface area contributed by atoms with Crippen LogP contribution in [0, 0.1) is 0 Å². The minimum atomic E-state index is -1.10. The van der Waals surface area contributed by atoms with E-state index in [1.165, 1.54) is 12.8 Å². The molecule has 1 aromatic carbocycles. The van der Waals surface area contributed by atoms with Crippen molar-refractivity contribution in [1.29, 1.82) is 0 Å². The van der Waals surface area contributed by atoms with Crippen molar-refractivity contribution in [1.82, 2.24) is 4.90 Å². The zero-order valence-electron chi connectivity index (χ0n) is 11.7. The first-order chi connectivity index (χ1) is 10.1. The van der Waals surface area contributed by atoms with Crippen molar-refractivity contribution < 1.29 is 9.90 Å². The molecule has 1 unspecified atom stereocenters. The maximum atomic E-state index is 11.5. The maximum Gasteiger partial charge on any atom is 0.257 e. The van der Waals surface area contributed by atoms with E-state index in [2.05, 4.69) is 15.1 Å². The van der Waals surface area contributed by atoms with Gasteiger partial charge in [0.05, 0.1) is 10.7 Å². The third kappa shape index (κ3) is 2.29. The Morgan fingerprint density at radius 2 is 1.90 bits per heavy atom. The largest absolute Gasteiger partial charge is 0.378 e. The third-order valence-corrected chi connectivity index (χ3v) is 4.94. The fourth-order valence-corrected chi connectivity index (χ4v) is 3.56. The van der Waals surface area contributed by atoms with Gasteiger partial charge in [-0.3, -0.25) is 9.69 Å². The van der Waals surface area contributed by atoms with Crippen LogP contribution in [0.4, 0.5) is 11.4 Å². The number of anilines is 2. The van der Waals surface area contributed by atoms with Gasteiger partial charge in [-0.05, 0) is 25.0 Å². The lowest BCUT2D eigenvalue weighted by Gasteiger charge is -2.36. The van der Waals surface area contributed by atoms with Crippen LogP contribution in [0.5, 0.6) is 0 Å². The van der Waals surface area contributed by atoms with E-state index in [1.54, 1.807) is 6.07 Å². The van der Waals surface area contributed by atoms with Gasteiger partial charge in [-0.2, -0.15) is 0 Å². The summed E-state index contributed by atoms with van der Waals surface area (Å²) >= 11 is 6.36. The monoisotopic (exact) mass is 307 g/mol. The SMILES string of the molecule is O=C1Nc2cc(N3CCN(C4CC4)CC3)c(Cl)cc2C1O. The number of aliphatic hydroxyl groups is 1. The van der Waals surface area contributed by atoms with Crippen molar-refractivity contribution in [3.8, 4) is 0 Å². The van der Waals surface area contributed by atoms with Gasteiger partial charge in [-0.15, -0.1) is 0 Å². The summed E-state index contributed by atoms with van der Waals surface area (Å²) in [7, 11) is 0. The van der Waals surface area contributed by atoms with Crippen LogP contribution in [-0.4, -0.2) is 48.1 Å². The van der Waals surface area contributed by atoms with Crippen molar-refractivity contribution in [2.75, 3.05) is 36.4 Å². The lowest BCUT2D eigenvalue weighted by atomic mass is 10.1. The van der Waals surface area contributed by atoms with Crippen LogP contribution in [0.2, 0.25) is 5.02 Å². The van der Waals surface area contributed by atoms with E-state index in [-0.39, 0.29) is 5.91 Å². The Hall–Kier alpha value is -1.30. The van der Waals surface area contributed by atoms with Crippen LogP contribution >= 0.6 is 11.6 Å². The number of carbonyl (C=O) groups excluding carboxylic acids is 1. The number of nitrogens with zero attached hydrogens (tertiary/aromatic N) is 2. The standard InChI is InChI=1S/C15H18ClN3O2/c16-11-7-10-12(17-15(21)14(10)20)8-13(11)19-5-3-18(4-6-19)9-1-2-9/h7-9,14,20H,1-6H2,(H,17,21). The van der Waals surface area contributed by atoms with Crippen LogP contribution in [0.1, 0.15) is 24.5 Å². The van der Waals surface area contributed by atoms with Crippen LogP contribution in [0.15, 0.2) is 12.1 Å². The molecule has 0 bridgehead atoms. The molecule has 4 rings (SSSR count).